The summed E-state index contributed by atoms with van der Waals surface area (Å²) in [5, 5.41) is 0. The second-order valence-corrected chi connectivity index (χ2v) is 10.9. The zero-order chi connectivity index (χ0) is 23.6. The zero-order valence-corrected chi connectivity index (χ0v) is 21.3. The molecule has 0 radical (unpaired) electrons. The first-order valence-electron chi connectivity index (χ1n) is 12.0. The van der Waals surface area contributed by atoms with Gasteiger partial charge in [0.05, 0.1) is 34.8 Å². The normalized spacial score (nSPS) is 16.2. The molecule has 1 aliphatic rings. The van der Waals surface area contributed by atoms with Crippen molar-refractivity contribution in [2.75, 3.05) is 34.8 Å². The maximum atomic E-state index is 11.9. The molecule has 7 heteroatoms. The summed E-state index contributed by atoms with van der Waals surface area (Å²) in [6.07, 6.45) is 23.4. The summed E-state index contributed by atoms with van der Waals surface area (Å²) in [5.74, 6) is 1.38. The van der Waals surface area contributed by atoms with Gasteiger partial charge >= 0.3 is 0 Å². The first-order chi connectivity index (χ1) is 14.5. The molecule has 0 aromatic carbocycles. The molecule has 184 valence electrons. The number of Topliss-reactive ketones (excluding diaryl/α,β-unsaturated/α-hetero) is 1. The van der Waals surface area contributed by atoms with Gasteiger partial charge in [-0.25, -0.2) is 8.42 Å². The van der Waals surface area contributed by atoms with Gasteiger partial charge < -0.3 is 9.04 Å². The van der Waals surface area contributed by atoms with Crippen molar-refractivity contribution in [3.63, 3.8) is 0 Å². The van der Waals surface area contributed by atoms with Crippen molar-refractivity contribution < 1.29 is 26.4 Å². The molecule has 0 N–H and O–H groups in total. The van der Waals surface area contributed by atoms with Gasteiger partial charge in [-0.3, -0.25) is 8.98 Å². The van der Waals surface area contributed by atoms with E-state index < -0.39 is 10.4 Å². The van der Waals surface area contributed by atoms with E-state index in [1.807, 2.05) is 0 Å². The molecule has 0 spiro atoms. The predicted molar refractivity (Wildman–Crippen MR) is 126 cm³/mol. The van der Waals surface area contributed by atoms with Crippen LogP contribution in [0.15, 0.2) is 12.2 Å². The fraction of sp³-hybridized carbons (Fsp3) is 0.875. The Morgan fingerprint density at radius 1 is 0.935 bits per heavy atom. The van der Waals surface area contributed by atoms with E-state index >= 15 is 0 Å². The highest BCUT2D eigenvalue weighted by atomic mass is 32.3. The van der Waals surface area contributed by atoms with Crippen LogP contribution in [0.3, 0.4) is 0 Å². The van der Waals surface area contributed by atoms with E-state index in [0.717, 1.165) is 43.2 Å². The van der Waals surface area contributed by atoms with Crippen molar-refractivity contribution in [3.05, 3.63) is 12.2 Å². The first kappa shape index (κ1) is 30.2. The number of rotatable bonds is 17. The van der Waals surface area contributed by atoms with E-state index in [9.17, 15) is 17.8 Å². The van der Waals surface area contributed by atoms with E-state index in [-0.39, 0.29) is 0 Å². The Kier molecular flexibility index (Phi) is 17.3. The standard InChI is InChI=1S/C23H44NO.CH4O4S/c1-24(2,3)21-15-14-20-23(25)19-11-9-7-5-4-6-8-10-16-22-17-12-13-18-22;1-5-6(2,3)4/h12,17,22H,4-11,13-16,18-21H2,1-3H3;1H3,(H,2,3,4)/q+1;/p-1/t22-;/m0./s1. The maximum absolute atomic E-state index is 11.9. The Morgan fingerprint density at radius 2 is 1.42 bits per heavy atom. The van der Waals surface area contributed by atoms with Crippen LogP contribution in [0, 0.1) is 5.92 Å². The molecule has 0 bridgehead atoms. The second kappa shape index (κ2) is 17.8. The summed E-state index contributed by atoms with van der Waals surface area (Å²) >= 11 is 0. The quantitative estimate of drug-likeness (QED) is 0.0953. The highest BCUT2D eigenvalue weighted by Crippen LogP contribution is 2.23. The van der Waals surface area contributed by atoms with Gasteiger partial charge in [-0.05, 0) is 44.4 Å². The predicted octanol–water partition coefficient (Wildman–Crippen LogP) is 5.39. The zero-order valence-electron chi connectivity index (χ0n) is 20.4. The van der Waals surface area contributed by atoms with Crippen LogP contribution in [0.5, 0.6) is 0 Å². The van der Waals surface area contributed by atoms with E-state index in [1.54, 1.807) is 0 Å². The van der Waals surface area contributed by atoms with Crippen LogP contribution in [0.1, 0.15) is 96.3 Å². The molecular formula is C24H47NO5S. The van der Waals surface area contributed by atoms with Crippen molar-refractivity contribution in [1.82, 2.24) is 0 Å². The van der Waals surface area contributed by atoms with Crippen molar-refractivity contribution in [1.29, 1.82) is 0 Å². The molecule has 0 aromatic rings. The number of carbonyl (C=O) groups is 1. The van der Waals surface area contributed by atoms with Gasteiger partial charge in [0.15, 0.2) is 0 Å². The summed E-state index contributed by atoms with van der Waals surface area (Å²) in [4.78, 5) is 11.9. The minimum absolute atomic E-state index is 0.488. The molecule has 0 amide bonds. The third-order valence-corrected chi connectivity index (χ3v) is 6.04. The Labute approximate surface area is 192 Å². The Hall–Kier alpha value is -0.760. The SMILES string of the molecule is COS(=O)(=O)[O-].C[N+](C)(C)CCCCC(=O)CCCCCCCCCC[C@H]1C=CCC1. The van der Waals surface area contributed by atoms with E-state index in [2.05, 4.69) is 37.5 Å². The van der Waals surface area contributed by atoms with Crippen molar-refractivity contribution in [3.8, 4) is 0 Å². The van der Waals surface area contributed by atoms with Gasteiger partial charge in [0.1, 0.15) is 5.78 Å². The van der Waals surface area contributed by atoms with Crippen molar-refractivity contribution in [2.45, 2.75) is 96.3 Å². The lowest BCUT2D eigenvalue weighted by Crippen LogP contribution is -2.35. The van der Waals surface area contributed by atoms with Gasteiger partial charge in [-0.2, -0.15) is 0 Å². The summed E-state index contributed by atoms with van der Waals surface area (Å²) in [7, 11) is 3.05. The third-order valence-electron chi connectivity index (χ3n) is 5.63. The first-order valence-corrected chi connectivity index (χ1v) is 13.4. The monoisotopic (exact) mass is 461 g/mol. The highest BCUT2D eigenvalue weighted by molar-refractivity contribution is 7.80. The average Bonchev–Trinajstić information content (AvgIpc) is 3.19. The lowest BCUT2D eigenvalue weighted by Gasteiger charge is -2.23. The summed E-state index contributed by atoms with van der Waals surface area (Å²) < 4.78 is 32.0. The van der Waals surface area contributed by atoms with Crippen molar-refractivity contribution >= 4 is 16.2 Å². The molecule has 31 heavy (non-hydrogen) atoms. The van der Waals surface area contributed by atoms with Crippen LogP contribution in [0.25, 0.3) is 0 Å². The number of ketones is 1. The molecule has 6 nitrogen and oxygen atoms in total. The lowest BCUT2D eigenvalue weighted by atomic mass is 9.99. The molecule has 0 saturated heterocycles. The van der Waals surface area contributed by atoms with E-state index in [0.29, 0.717) is 5.78 Å². The second-order valence-electron chi connectivity index (χ2n) is 9.72. The number of nitrogens with zero attached hydrogens (tertiary/aromatic N) is 1. The van der Waals surface area contributed by atoms with Crippen LogP contribution >= 0.6 is 0 Å². The Balaban J connectivity index is 0.00000131. The topological polar surface area (TPSA) is 83.5 Å². The summed E-state index contributed by atoms with van der Waals surface area (Å²) in [6, 6.07) is 0. The summed E-state index contributed by atoms with van der Waals surface area (Å²) in [5.41, 5.74) is 0. The number of hydrogen-bond donors (Lipinski definition) is 0. The van der Waals surface area contributed by atoms with Gasteiger partial charge in [0.2, 0.25) is 10.4 Å². The van der Waals surface area contributed by atoms with Crippen LogP contribution in [0.4, 0.5) is 0 Å². The van der Waals surface area contributed by atoms with Gasteiger partial charge in [0, 0.05) is 12.8 Å². The molecule has 0 aromatic heterocycles. The molecule has 0 saturated carbocycles. The highest BCUT2D eigenvalue weighted by Gasteiger charge is 2.08. The fourth-order valence-electron chi connectivity index (χ4n) is 3.76. The Bertz CT molecular complexity index is 581. The summed E-state index contributed by atoms with van der Waals surface area (Å²) in [6.45, 7) is 1.17. The Morgan fingerprint density at radius 3 is 1.87 bits per heavy atom. The molecule has 1 atom stereocenters. The van der Waals surface area contributed by atoms with Gasteiger partial charge in [0.25, 0.3) is 0 Å². The van der Waals surface area contributed by atoms with Crippen LogP contribution in [-0.2, 0) is 19.4 Å². The minimum Gasteiger partial charge on any atom is -0.726 e. The molecule has 1 aliphatic carbocycles. The molecule has 0 aliphatic heterocycles. The van der Waals surface area contributed by atoms with Gasteiger partial charge in [-0.1, -0.05) is 57.1 Å². The molecule has 0 heterocycles. The van der Waals surface area contributed by atoms with Crippen LogP contribution < -0.4 is 0 Å². The van der Waals surface area contributed by atoms with Crippen LogP contribution in [0.2, 0.25) is 0 Å². The molecular weight excluding hydrogens is 414 g/mol. The number of hydrogen-bond acceptors (Lipinski definition) is 5. The number of quaternary nitrogens is 1. The van der Waals surface area contributed by atoms with Crippen molar-refractivity contribution in [2.24, 2.45) is 5.92 Å². The van der Waals surface area contributed by atoms with E-state index in [4.69, 9.17) is 0 Å². The fourth-order valence-corrected chi connectivity index (χ4v) is 3.76. The third kappa shape index (κ3) is 23.7. The number of carbonyl (C=O) groups excluding carboxylic acids is 1. The molecule has 0 fully saturated rings. The molecule has 1 rings (SSSR count). The van der Waals surface area contributed by atoms with Gasteiger partial charge in [-0.15, -0.1) is 0 Å². The van der Waals surface area contributed by atoms with Crippen LogP contribution in [-0.4, -0.2) is 58.0 Å². The maximum Gasteiger partial charge on any atom is 0.217 e. The number of unbranched alkanes of at least 4 members (excludes halogenated alkanes) is 8. The largest absolute Gasteiger partial charge is 0.726 e. The number of allylic oxidation sites excluding steroid dienone is 2. The minimum atomic E-state index is -4.41. The lowest BCUT2D eigenvalue weighted by molar-refractivity contribution is -0.870. The average molecular weight is 462 g/mol. The van der Waals surface area contributed by atoms with E-state index in [1.165, 1.54) is 77.2 Å². The molecule has 0 unspecified atom stereocenters. The smallest absolute Gasteiger partial charge is 0.217 e.